The summed E-state index contributed by atoms with van der Waals surface area (Å²) in [7, 11) is -3.24. The molecule has 0 radical (unpaired) electrons. The number of rotatable bonds is 6. The van der Waals surface area contributed by atoms with Gasteiger partial charge in [0.05, 0.1) is 6.04 Å². The smallest absolute Gasteiger partial charge is 0.251 e. The van der Waals surface area contributed by atoms with Crippen LogP contribution >= 0.6 is 11.6 Å². The van der Waals surface area contributed by atoms with Gasteiger partial charge in [-0.3, -0.25) is 4.79 Å². The zero-order chi connectivity index (χ0) is 21.9. The standard InChI is InChI=1S/C22H24ClFN2O3S/c1-15(11-13-30(2,28)29)25-22(27)16-5-8-18(9-6-16)26-12-3-4-21(26)19-14-17(24)7-10-20(19)23/h5-11,13-15,21H,3-4,12H2,1-2H3,(H,25,27)/b13-11+/t15-,21?/m1/s1. The van der Waals surface area contributed by atoms with Gasteiger partial charge in [-0.2, -0.15) is 0 Å². The van der Waals surface area contributed by atoms with Crippen molar-refractivity contribution in [1.82, 2.24) is 5.32 Å². The molecular formula is C22H24ClFN2O3S. The van der Waals surface area contributed by atoms with E-state index < -0.39 is 15.9 Å². The van der Waals surface area contributed by atoms with Crippen molar-refractivity contribution in [1.29, 1.82) is 0 Å². The monoisotopic (exact) mass is 450 g/mol. The van der Waals surface area contributed by atoms with E-state index >= 15 is 0 Å². The lowest BCUT2D eigenvalue weighted by Crippen LogP contribution is -2.31. The Morgan fingerprint density at radius 2 is 1.97 bits per heavy atom. The Kier molecular flexibility index (Phi) is 6.83. The van der Waals surface area contributed by atoms with Gasteiger partial charge < -0.3 is 10.2 Å². The Morgan fingerprint density at radius 1 is 1.27 bits per heavy atom. The van der Waals surface area contributed by atoms with Crippen LogP contribution in [0.3, 0.4) is 0 Å². The summed E-state index contributed by atoms with van der Waals surface area (Å²) in [5.41, 5.74) is 2.17. The van der Waals surface area contributed by atoms with Gasteiger partial charge in [0.15, 0.2) is 9.84 Å². The first-order valence-electron chi connectivity index (χ1n) is 9.65. The third-order valence-corrected chi connectivity index (χ3v) is 6.00. The fourth-order valence-electron chi connectivity index (χ4n) is 3.57. The van der Waals surface area contributed by atoms with E-state index in [-0.39, 0.29) is 17.8 Å². The average molecular weight is 451 g/mol. The van der Waals surface area contributed by atoms with Crippen LogP contribution in [0.15, 0.2) is 53.9 Å². The number of halogens is 2. The molecule has 1 saturated heterocycles. The molecule has 3 rings (SSSR count). The Hall–Kier alpha value is -2.38. The Bertz CT molecular complexity index is 1050. The number of carbonyl (C=O) groups excluding carboxylic acids is 1. The van der Waals surface area contributed by atoms with Crippen LogP contribution in [0.2, 0.25) is 5.02 Å². The van der Waals surface area contributed by atoms with E-state index in [0.29, 0.717) is 10.6 Å². The maximum atomic E-state index is 13.7. The second-order valence-electron chi connectivity index (χ2n) is 7.48. The lowest BCUT2D eigenvalue weighted by molar-refractivity contribution is 0.0947. The van der Waals surface area contributed by atoms with Gasteiger partial charge >= 0.3 is 0 Å². The minimum absolute atomic E-state index is 0.0194. The van der Waals surface area contributed by atoms with Crippen molar-refractivity contribution < 1.29 is 17.6 Å². The lowest BCUT2D eigenvalue weighted by Gasteiger charge is -2.28. The van der Waals surface area contributed by atoms with Gasteiger partial charge in [-0.05, 0) is 67.8 Å². The summed E-state index contributed by atoms with van der Waals surface area (Å²) < 4.78 is 36.1. The number of sulfone groups is 1. The van der Waals surface area contributed by atoms with Gasteiger partial charge in [0.2, 0.25) is 0 Å². The predicted octanol–water partition coefficient (Wildman–Crippen LogP) is 4.50. The maximum absolute atomic E-state index is 13.7. The highest BCUT2D eigenvalue weighted by atomic mass is 35.5. The second kappa shape index (κ2) is 9.18. The van der Waals surface area contributed by atoms with E-state index in [4.69, 9.17) is 11.6 Å². The van der Waals surface area contributed by atoms with Gasteiger partial charge in [0.1, 0.15) is 5.82 Å². The van der Waals surface area contributed by atoms with E-state index in [1.165, 1.54) is 18.2 Å². The van der Waals surface area contributed by atoms with E-state index in [2.05, 4.69) is 10.2 Å². The molecule has 2 atom stereocenters. The second-order valence-corrected chi connectivity index (χ2v) is 9.82. The Balaban J connectivity index is 1.72. The molecule has 1 heterocycles. The average Bonchev–Trinajstić information content (AvgIpc) is 3.17. The summed E-state index contributed by atoms with van der Waals surface area (Å²) in [6.07, 6.45) is 4.36. The van der Waals surface area contributed by atoms with E-state index in [1.807, 2.05) is 12.1 Å². The highest BCUT2D eigenvalue weighted by Crippen LogP contribution is 2.39. The molecule has 5 nitrogen and oxygen atoms in total. The zero-order valence-corrected chi connectivity index (χ0v) is 18.4. The molecule has 1 unspecified atom stereocenters. The summed E-state index contributed by atoms with van der Waals surface area (Å²) in [6, 6.07) is 11.1. The molecule has 0 bridgehead atoms. The van der Waals surface area contributed by atoms with Crippen LogP contribution in [0.5, 0.6) is 0 Å². The van der Waals surface area contributed by atoms with Crippen LogP contribution in [0.25, 0.3) is 0 Å². The summed E-state index contributed by atoms with van der Waals surface area (Å²) in [4.78, 5) is 14.6. The van der Waals surface area contributed by atoms with Crippen LogP contribution in [-0.2, 0) is 9.84 Å². The molecule has 1 aliphatic rings. The summed E-state index contributed by atoms with van der Waals surface area (Å²) in [6.45, 7) is 2.52. The molecule has 1 aliphatic heterocycles. The molecule has 2 aromatic carbocycles. The van der Waals surface area contributed by atoms with E-state index in [9.17, 15) is 17.6 Å². The number of hydrogen-bond donors (Lipinski definition) is 1. The molecule has 0 spiro atoms. The van der Waals surface area contributed by atoms with Crippen LogP contribution in [-0.4, -0.2) is 33.2 Å². The first kappa shape index (κ1) is 22.3. The lowest BCUT2D eigenvalue weighted by atomic mass is 10.0. The van der Waals surface area contributed by atoms with Crippen LogP contribution in [0.4, 0.5) is 10.1 Å². The van der Waals surface area contributed by atoms with E-state index in [1.54, 1.807) is 25.1 Å². The van der Waals surface area contributed by atoms with Crippen molar-refractivity contribution in [3.05, 3.63) is 75.9 Å². The topological polar surface area (TPSA) is 66.5 Å². The molecule has 30 heavy (non-hydrogen) atoms. The highest BCUT2D eigenvalue weighted by molar-refractivity contribution is 7.93. The van der Waals surface area contributed by atoms with Crippen molar-refractivity contribution in [2.24, 2.45) is 0 Å². The number of carbonyl (C=O) groups is 1. The number of amides is 1. The SMILES string of the molecule is C[C@H](/C=C/S(C)(=O)=O)NC(=O)c1ccc(N2CCCC2c2cc(F)ccc2Cl)cc1. The van der Waals surface area contributed by atoms with Gasteiger partial charge in [-0.25, -0.2) is 12.8 Å². The number of nitrogens with one attached hydrogen (secondary N) is 1. The van der Waals surface area contributed by atoms with Crippen molar-refractivity contribution in [3.8, 4) is 0 Å². The number of anilines is 1. The normalized spacial score (nSPS) is 18.0. The predicted molar refractivity (Wildman–Crippen MR) is 118 cm³/mol. The minimum atomic E-state index is -3.24. The first-order valence-corrected chi connectivity index (χ1v) is 12.0. The van der Waals surface area contributed by atoms with Crippen molar-refractivity contribution in [3.63, 3.8) is 0 Å². The Labute approximate surface area is 181 Å². The fraction of sp³-hybridized carbons (Fsp3) is 0.318. The molecular weight excluding hydrogens is 427 g/mol. The molecule has 160 valence electrons. The van der Waals surface area contributed by atoms with Gasteiger partial charge in [-0.15, -0.1) is 0 Å². The summed E-state index contributed by atoms with van der Waals surface area (Å²) in [5, 5.41) is 4.36. The van der Waals surface area contributed by atoms with Crippen molar-refractivity contribution in [2.45, 2.75) is 31.8 Å². The molecule has 1 amide bonds. The van der Waals surface area contributed by atoms with Gasteiger partial charge in [-0.1, -0.05) is 17.7 Å². The van der Waals surface area contributed by atoms with Gasteiger partial charge in [0.25, 0.3) is 5.91 Å². The quantitative estimate of drug-likeness (QED) is 0.703. The van der Waals surface area contributed by atoms with Gasteiger partial charge in [0, 0.05) is 40.5 Å². The molecule has 0 saturated carbocycles. The maximum Gasteiger partial charge on any atom is 0.251 e. The van der Waals surface area contributed by atoms with Crippen LogP contribution in [0, 0.1) is 5.82 Å². The molecule has 0 aliphatic carbocycles. The van der Waals surface area contributed by atoms with Crippen molar-refractivity contribution in [2.75, 3.05) is 17.7 Å². The summed E-state index contributed by atoms with van der Waals surface area (Å²) >= 11 is 6.31. The van der Waals surface area contributed by atoms with Crippen molar-refractivity contribution >= 4 is 33.0 Å². The molecule has 2 aromatic rings. The molecule has 1 N–H and O–H groups in total. The third-order valence-electron chi connectivity index (χ3n) is 5.00. The fourth-order valence-corrected chi connectivity index (χ4v) is 4.34. The molecule has 0 aromatic heterocycles. The highest BCUT2D eigenvalue weighted by Gasteiger charge is 2.28. The van der Waals surface area contributed by atoms with E-state index in [0.717, 1.165) is 42.3 Å². The summed E-state index contributed by atoms with van der Waals surface area (Å²) in [5.74, 6) is -0.606. The third kappa shape index (κ3) is 5.61. The van der Waals surface area contributed by atoms with Crippen LogP contribution in [0.1, 0.15) is 41.7 Å². The zero-order valence-electron chi connectivity index (χ0n) is 16.8. The first-order chi connectivity index (χ1) is 14.1. The number of benzene rings is 2. The van der Waals surface area contributed by atoms with Crippen LogP contribution < -0.4 is 10.2 Å². The molecule has 8 heteroatoms. The largest absolute Gasteiger partial charge is 0.364 e. The number of nitrogens with zero attached hydrogens (tertiary/aromatic N) is 1. The molecule has 1 fully saturated rings. The minimum Gasteiger partial charge on any atom is -0.364 e. The number of hydrogen-bond acceptors (Lipinski definition) is 4. The Morgan fingerprint density at radius 3 is 2.63 bits per heavy atom.